The summed E-state index contributed by atoms with van der Waals surface area (Å²) in [6.45, 7) is 1.25. The van der Waals surface area contributed by atoms with Gasteiger partial charge in [0.05, 0.1) is 26.3 Å². The van der Waals surface area contributed by atoms with E-state index in [1.54, 1.807) is 26.6 Å². The van der Waals surface area contributed by atoms with Gasteiger partial charge in [-0.15, -0.1) is 0 Å². The van der Waals surface area contributed by atoms with Gasteiger partial charge < -0.3 is 19.4 Å². The van der Waals surface area contributed by atoms with E-state index in [9.17, 15) is 9.59 Å². The van der Waals surface area contributed by atoms with Crippen molar-refractivity contribution in [2.45, 2.75) is 25.2 Å². The third-order valence-corrected chi connectivity index (χ3v) is 5.77. The molecule has 3 aromatic rings. The van der Waals surface area contributed by atoms with Crippen molar-refractivity contribution in [3.8, 4) is 22.8 Å². The lowest BCUT2D eigenvalue weighted by Crippen LogP contribution is -2.39. The van der Waals surface area contributed by atoms with Crippen molar-refractivity contribution in [2.75, 3.05) is 27.3 Å². The third-order valence-electron chi connectivity index (χ3n) is 5.77. The van der Waals surface area contributed by atoms with Crippen LogP contribution in [0.5, 0.6) is 11.5 Å². The number of likely N-dealkylation sites (tertiary alicyclic amines) is 1. The molecule has 0 bridgehead atoms. The van der Waals surface area contributed by atoms with Gasteiger partial charge in [0.1, 0.15) is 5.82 Å². The summed E-state index contributed by atoms with van der Waals surface area (Å²) in [7, 11) is 3.16. The lowest BCUT2D eigenvalue weighted by Gasteiger charge is -2.31. The molecule has 2 aromatic heterocycles. The van der Waals surface area contributed by atoms with Crippen molar-refractivity contribution < 1.29 is 14.3 Å². The van der Waals surface area contributed by atoms with Gasteiger partial charge in [0.15, 0.2) is 11.5 Å². The van der Waals surface area contributed by atoms with Crippen LogP contribution >= 0.6 is 0 Å². The van der Waals surface area contributed by atoms with E-state index in [-0.39, 0.29) is 17.4 Å². The fourth-order valence-electron chi connectivity index (χ4n) is 4.02. The fourth-order valence-corrected chi connectivity index (χ4v) is 4.02. The number of piperidine rings is 1. The number of hydrogen-bond acceptors (Lipinski definition) is 6. The van der Waals surface area contributed by atoms with Gasteiger partial charge in [0, 0.05) is 43.0 Å². The Morgan fingerprint density at radius 1 is 1.06 bits per heavy atom. The number of pyridine rings is 1. The molecule has 0 saturated carbocycles. The van der Waals surface area contributed by atoms with E-state index in [1.165, 1.54) is 6.07 Å². The minimum absolute atomic E-state index is 0.0719. The summed E-state index contributed by atoms with van der Waals surface area (Å²) in [5, 5.41) is 0. The number of ether oxygens (including phenoxy) is 2. The number of aromatic amines is 1. The van der Waals surface area contributed by atoms with E-state index in [2.05, 4.69) is 15.0 Å². The van der Waals surface area contributed by atoms with Gasteiger partial charge in [-0.2, -0.15) is 0 Å². The van der Waals surface area contributed by atoms with Crippen LogP contribution in [0.4, 0.5) is 0 Å². The first-order valence-electron chi connectivity index (χ1n) is 10.6. The molecule has 4 rings (SSSR count). The lowest BCUT2D eigenvalue weighted by atomic mass is 9.95. The van der Waals surface area contributed by atoms with Crippen molar-refractivity contribution in [3.05, 3.63) is 70.5 Å². The largest absolute Gasteiger partial charge is 0.493 e. The van der Waals surface area contributed by atoms with Crippen molar-refractivity contribution in [1.82, 2.24) is 19.9 Å². The zero-order valence-corrected chi connectivity index (χ0v) is 18.2. The predicted octanol–water partition coefficient (Wildman–Crippen LogP) is 2.80. The van der Waals surface area contributed by atoms with Gasteiger partial charge in [-0.1, -0.05) is 6.07 Å². The number of hydrogen-bond donors (Lipinski definition) is 1. The molecule has 0 radical (unpaired) electrons. The topological polar surface area (TPSA) is 97.4 Å². The Kier molecular flexibility index (Phi) is 6.49. The average molecular weight is 434 g/mol. The highest BCUT2D eigenvalue weighted by molar-refractivity contribution is 5.79. The van der Waals surface area contributed by atoms with Crippen molar-refractivity contribution >= 4 is 5.91 Å². The normalized spacial score (nSPS) is 14.2. The Hall–Kier alpha value is -3.68. The fraction of sp³-hybridized carbons (Fsp3) is 0.333. The molecule has 3 heterocycles. The Bertz CT molecular complexity index is 1140. The summed E-state index contributed by atoms with van der Waals surface area (Å²) in [6, 6.07) is 10.7. The van der Waals surface area contributed by atoms with Gasteiger partial charge in [0.2, 0.25) is 5.91 Å². The molecule has 1 aliphatic rings. The highest BCUT2D eigenvalue weighted by Gasteiger charge is 2.26. The Morgan fingerprint density at radius 3 is 2.47 bits per heavy atom. The maximum atomic E-state index is 12.8. The molecule has 8 heteroatoms. The van der Waals surface area contributed by atoms with Crippen LogP contribution in [0, 0.1) is 0 Å². The summed E-state index contributed by atoms with van der Waals surface area (Å²) in [4.78, 5) is 38.5. The molecule has 1 aromatic carbocycles. The Morgan fingerprint density at radius 2 is 1.78 bits per heavy atom. The molecule has 8 nitrogen and oxygen atoms in total. The Labute approximate surface area is 186 Å². The molecule has 0 aliphatic carbocycles. The molecule has 0 atom stereocenters. The lowest BCUT2D eigenvalue weighted by molar-refractivity contribution is -0.131. The molecular weight excluding hydrogens is 408 g/mol. The highest BCUT2D eigenvalue weighted by Crippen LogP contribution is 2.29. The molecule has 1 aliphatic heterocycles. The van der Waals surface area contributed by atoms with E-state index in [1.807, 2.05) is 35.2 Å². The van der Waals surface area contributed by atoms with Gasteiger partial charge >= 0.3 is 0 Å². The molecule has 0 unspecified atom stereocenters. The summed E-state index contributed by atoms with van der Waals surface area (Å²) in [5.74, 6) is 2.11. The predicted molar refractivity (Wildman–Crippen MR) is 120 cm³/mol. The quantitative estimate of drug-likeness (QED) is 0.641. The van der Waals surface area contributed by atoms with Crippen LogP contribution in [-0.4, -0.2) is 53.1 Å². The minimum atomic E-state index is -0.172. The maximum Gasteiger partial charge on any atom is 0.251 e. The number of nitrogens with one attached hydrogen (secondary N) is 1. The summed E-state index contributed by atoms with van der Waals surface area (Å²) in [6.07, 6.45) is 5.17. The van der Waals surface area contributed by atoms with Crippen LogP contribution in [0.1, 0.15) is 30.1 Å². The summed E-state index contributed by atoms with van der Waals surface area (Å²) < 4.78 is 10.6. The maximum absolute atomic E-state index is 12.8. The first-order valence-corrected chi connectivity index (χ1v) is 10.6. The van der Waals surface area contributed by atoms with Gasteiger partial charge in [-0.3, -0.25) is 14.6 Å². The molecule has 1 amide bonds. The van der Waals surface area contributed by atoms with E-state index in [4.69, 9.17) is 9.47 Å². The second-order valence-corrected chi connectivity index (χ2v) is 7.77. The molecule has 166 valence electrons. The van der Waals surface area contributed by atoms with Gasteiger partial charge in [0.25, 0.3) is 5.56 Å². The molecule has 0 spiro atoms. The van der Waals surface area contributed by atoms with Crippen molar-refractivity contribution in [1.29, 1.82) is 0 Å². The van der Waals surface area contributed by atoms with E-state index in [0.29, 0.717) is 42.5 Å². The highest BCUT2D eigenvalue weighted by atomic mass is 16.5. The number of aromatic nitrogens is 3. The number of methoxy groups -OCH3 is 2. The second kappa shape index (κ2) is 9.64. The Balaban J connectivity index is 1.41. The molecule has 1 fully saturated rings. The molecule has 1 saturated heterocycles. The third kappa shape index (κ3) is 4.80. The van der Waals surface area contributed by atoms with E-state index in [0.717, 1.165) is 24.0 Å². The minimum Gasteiger partial charge on any atom is -0.493 e. The van der Waals surface area contributed by atoms with E-state index < -0.39 is 0 Å². The number of rotatable bonds is 6. The summed E-state index contributed by atoms with van der Waals surface area (Å²) in [5.41, 5.74) is 2.20. The number of carbonyl (C=O) groups is 1. The SMILES string of the molecule is COc1ccc(CC(=O)N2CCC(c3nc(-c4ccncc4)cc(=O)[nH]3)CC2)cc1OC. The monoisotopic (exact) mass is 434 g/mol. The second-order valence-electron chi connectivity index (χ2n) is 7.77. The van der Waals surface area contributed by atoms with Crippen molar-refractivity contribution in [3.63, 3.8) is 0 Å². The first-order chi connectivity index (χ1) is 15.6. The van der Waals surface area contributed by atoms with Crippen molar-refractivity contribution in [2.24, 2.45) is 0 Å². The van der Waals surface area contributed by atoms with E-state index >= 15 is 0 Å². The first kappa shape index (κ1) is 21.5. The molecule has 1 N–H and O–H groups in total. The van der Waals surface area contributed by atoms with Crippen LogP contribution in [0.3, 0.4) is 0 Å². The van der Waals surface area contributed by atoms with Gasteiger partial charge in [-0.25, -0.2) is 4.98 Å². The standard InChI is InChI=1S/C24H26N4O4/c1-31-20-4-3-16(13-21(20)32-2)14-23(30)28-11-7-18(8-12-28)24-26-19(15-22(29)27-24)17-5-9-25-10-6-17/h3-6,9-10,13,15,18H,7-8,11-12,14H2,1-2H3,(H,26,27,29). The number of carbonyl (C=O) groups excluding carboxylic acids is 1. The smallest absolute Gasteiger partial charge is 0.251 e. The van der Waals surface area contributed by atoms with Crippen LogP contribution < -0.4 is 15.0 Å². The zero-order chi connectivity index (χ0) is 22.5. The number of nitrogens with zero attached hydrogens (tertiary/aromatic N) is 3. The molecular formula is C24H26N4O4. The zero-order valence-electron chi connectivity index (χ0n) is 18.2. The van der Waals surface area contributed by atoms with Gasteiger partial charge in [-0.05, 0) is 42.7 Å². The number of benzene rings is 1. The average Bonchev–Trinajstić information content (AvgIpc) is 2.84. The van der Waals surface area contributed by atoms with Crippen LogP contribution in [-0.2, 0) is 11.2 Å². The van der Waals surface area contributed by atoms with Crippen LogP contribution in [0.25, 0.3) is 11.3 Å². The van der Waals surface area contributed by atoms with Crippen LogP contribution in [0.15, 0.2) is 53.6 Å². The molecule has 32 heavy (non-hydrogen) atoms. The number of H-pyrrole nitrogens is 1. The van der Waals surface area contributed by atoms with Crippen LogP contribution in [0.2, 0.25) is 0 Å². The summed E-state index contributed by atoms with van der Waals surface area (Å²) >= 11 is 0. The number of amides is 1.